The Morgan fingerprint density at radius 3 is 2.60 bits per heavy atom. The lowest BCUT2D eigenvalue weighted by molar-refractivity contribution is -0.128. The average molecular weight is 380 g/mol. The first-order valence-electron chi connectivity index (χ1n) is 8.45. The largest absolute Gasteiger partial charge is 0.481 e. The molecule has 1 amide bonds. The third-order valence-corrected chi connectivity index (χ3v) is 4.74. The second-order valence-electron chi connectivity index (χ2n) is 5.91. The van der Waals surface area contributed by atoms with Crippen molar-refractivity contribution in [2.24, 2.45) is 0 Å². The summed E-state index contributed by atoms with van der Waals surface area (Å²) in [4.78, 5) is 12.3. The Bertz CT molecular complexity index is 719. The molecule has 0 bridgehead atoms. The molecule has 0 aliphatic carbocycles. The molecule has 0 fully saturated rings. The molecule has 0 aliphatic rings. The summed E-state index contributed by atoms with van der Waals surface area (Å²) in [6, 6.07) is 13.2. The summed E-state index contributed by atoms with van der Waals surface area (Å²) in [5.74, 6) is 0.550. The molecule has 1 atom stereocenters. The highest BCUT2D eigenvalue weighted by Gasteiger charge is 2.18. The number of ether oxygens (including phenoxy) is 1. The van der Waals surface area contributed by atoms with Crippen LogP contribution in [0.5, 0.6) is 5.75 Å². The lowest BCUT2D eigenvalue weighted by Gasteiger charge is -2.18. The van der Waals surface area contributed by atoms with Crippen molar-refractivity contribution < 1.29 is 9.53 Å². The summed E-state index contributed by atoms with van der Waals surface area (Å²) < 4.78 is 5.80. The number of benzene rings is 2. The SMILES string of the molecule is CC[C@@H](Oc1ccc(Cl)c(C)c1)C(=O)NCCCc1ccccc1Cl. The molecule has 5 heteroatoms. The zero-order chi connectivity index (χ0) is 18.2. The highest BCUT2D eigenvalue weighted by molar-refractivity contribution is 6.31. The van der Waals surface area contributed by atoms with E-state index >= 15 is 0 Å². The van der Waals surface area contributed by atoms with Crippen LogP contribution in [0.2, 0.25) is 10.0 Å². The Labute approximate surface area is 159 Å². The first kappa shape index (κ1) is 19.6. The van der Waals surface area contributed by atoms with Crippen LogP contribution in [0.1, 0.15) is 30.9 Å². The molecule has 134 valence electrons. The predicted molar refractivity (Wildman–Crippen MR) is 104 cm³/mol. The first-order chi connectivity index (χ1) is 12.0. The van der Waals surface area contributed by atoms with Gasteiger partial charge in [0.05, 0.1) is 0 Å². The molecule has 0 saturated carbocycles. The van der Waals surface area contributed by atoms with Gasteiger partial charge in [-0.05, 0) is 61.6 Å². The number of carbonyl (C=O) groups is 1. The molecule has 2 aromatic carbocycles. The summed E-state index contributed by atoms with van der Waals surface area (Å²) in [6.45, 7) is 4.42. The molecule has 0 aliphatic heterocycles. The van der Waals surface area contributed by atoms with E-state index in [9.17, 15) is 4.79 Å². The monoisotopic (exact) mass is 379 g/mol. The van der Waals surface area contributed by atoms with Crippen LogP contribution in [0.15, 0.2) is 42.5 Å². The van der Waals surface area contributed by atoms with E-state index in [4.69, 9.17) is 27.9 Å². The molecular weight excluding hydrogens is 357 g/mol. The van der Waals surface area contributed by atoms with Crippen molar-refractivity contribution in [3.8, 4) is 5.75 Å². The summed E-state index contributed by atoms with van der Waals surface area (Å²) in [5, 5.41) is 4.39. The molecule has 0 radical (unpaired) electrons. The van der Waals surface area contributed by atoms with E-state index in [0.717, 1.165) is 29.0 Å². The van der Waals surface area contributed by atoms with Crippen LogP contribution < -0.4 is 10.1 Å². The molecule has 0 spiro atoms. The molecule has 2 aromatic rings. The van der Waals surface area contributed by atoms with E-state index < -0.39 is 6.10 Å². The van der Waals surface area contributed by atoms with Crippen molar-refractivity contribution in [2.75, 3.05) is 6.54 Å². The van der Waals surface area contributed by atoms with Gasteiger partial charge in [-0.2, -0.15) is 0 Å². The lowest BCUT2D eigenvalue weighted by atomic mass is 10.1. The van der Waals surface area contributed by atoms with Crippen molar-refractivity contribution in [1.29, 1.82) is 0 Å². The van der Waals surface area contributed by atoms with Crippen LogP contribution in [0, 0.1) is 6.92 Å². The van der Waals surface area contributed by atoms with Crippen molar-refractivity contribution >= 4 is 29.1 Å². The van der Waals surface area contributed by atoms with Gasteiger partial charge in [0.2, 0.25) is 0 Å². The third-order valence-electron chi connectivity index (χ3n) is 3.95. The molecule has 3 nitrogen and oxygen atoms in total. The maximum Gasteiger partial charge on any atom is 0.261 e. The second-order valence-corrected chi connectivity index (χ2v) is 6.73. The van der Waals surface area contributed by atoms with E-state index in [1.807, 2.05) is 44.2 Å². The number of rotatable bonds is 8. The number of amides is 1. The van der Waals surface area contributed by atoms with Crippen molar-refractivity contribution in [1.82, 2.24) is 5.32 Å². The van der Waals surface area contributed by atoms with Crippen LogP contribution >= 0.6 is 23.2 Å². The first-order valence-corrected chi connectivity index (χ1v) is 9.20. The molecule has 0 heterocycles. The number of hydrogen-bond donors (Lipinski definition) is 1. The van der Waals surface area contributed by atoms with Gasteiger partial charge in [-0.15, -0.1) is 0 Å². The number of hydrogen-bond acceptors (Lipinski definition) is 2. The van der Waals surface area contributed by atoms with Crippen molar-refractivity contribution in [3.63, 3.8) is 0 Å². The number of carbonyl (C=O) groups excluding carboxylic acids is 1. The Kier molecular flexibility index (Phi) is 7.60. The molecule has 1 N–H and O–H groups in total. The van der Waals surface area contributed by atoms with Crippen LogP contribution in [0.3, 0.4) is 0 Å². The Morgan fingerprint density at radius 1 is 1.16 bits per heavy atom. The average Bonchev–Trinajstić information content (AvgIpc) is 2.60. The molecular formula is C20H23Cl2NO2. The number of aryl methyl sites for hydroxylation is 2. The Morgan fingerprint density at radius 2 is 1.92 bits per heavy atom. The predicted octanol–water partition coefficient (Wildman–Crippen LogP) is 5.21. The summed E-state index contributed by atoms with van der Waals surface area (Å²) >= 11 is 12.2. The van der Waals surface area contributed by atoms with Gasteiger partial charge in [0.1, 0.15) is 5.75 Å². The van der Waals surface area contributed by atoms with E-state index in [-0.39, 0.29) is 5.91 Å². The Hall–Kier alpha value is -1.71. The fraction of sp³-hybridized carbons (Fsp3) is 0.350. The van der Waals surface area contributed by atoms with Gasteiger partial charge in [0.15, 0.2) is 6.10 Å². The fourth-order valence-electron chi connectivity index (χ4n) is 2.48. The van der Waals surface area contributed by atoms with Gasteiger partial charge in [-0.3, -0.25) is 4.79 Å². The minimum atomic E-state index is -0.513. The van der Waals surface area contributed by atoms with Crippen LogP contribution in [-0.4, -0.2) is 18.6 Å². The second kappa shape index (κ2) is 9.69. The van der Waals surface area contributed by atoms with Gasteiger partial charge in [-0.25, -0.2) is 0 Å². The highest BCUT2D eigenvalue weighted by atomic mass is 35.5. The topological polar surface area (TPSA) is 38.3 Å². The van der Waals surface area contributed by atoms with Gasteiger partial charge in [0.25, 0.3) is 5.91 Å². The third kappa shape index (κ3) is 5.94. The molecule has 0 saturated heterocycles. The fourth-order valence-corrected chi connectivity index (χ4v) is 2.83. The summed E-state index contributed by atoms with van der Waals surface area (Å²) in [6.07, 6.45) is 1.73. The summed E-state index contributed by atoms with van der Waals surface area (Å²) in [5.41, 5.74) is 2.02. The van der Waals surface area contributed by atoms with E-state index in [1.54, 1.807) is 12.1 Å². The van der Waals surface area contributed by atoms with Gasteiger partial charge >= 0.3 is 0 Å². The molecule has 2 rings (SSSR count). The zero-order valence-corrected chi connectivity index (χ0v) is 16.0. The summed E-state index contributed by atoms with van der Waals surface area (Å²) in [7, 11) is 0. The molecule has 0 aromatic heterocycles. The highest BCUT2D eigenvalue weighted by Crippen LogP contribution is 2.22. The lowest BCUT2D eigenvalue weighted by Crippen LogP contribution is -2.38. The normalized spacial score (nSPS) is 11.8. The van der Waals surface area contributed by atoms with Crippen LogP contribution in [-0.2, 0) is 11.2 Å². The van der Waals surface area contributed by atoms with E-state index in [0.29, 0.717) is 23.7 Å². The Balaban J connectivity index is 1.81. The van der Waals surface area contributed by atoms with E-state index in [2.05, 4.69) is 5.32 Å². The van der Waals surface area contributed by atoms with Gasteiger partial charge in [0, 0.05) is 16.6 Å². The minimum Gasteiger partial charge on any atom is -0.481 e. The van der Waals surface area contributed by atoms with Crippen molar-refractivity contribution in [2.45, 2.75) is 39.2 Å². The number of halogens is 2. The minimum absolute atomic E-state index is 0.103. The van der Waals surface area contributed by atoms with Crippen LogP contribution in [0.25, 0.3) is 0 Å². The quantitative estimate of drug-likeness (QED) is 0.639. The maximum absolute atomic E-state index is 12.3. The number of nitrogens with one attached hydrogen (secondary N) is 1. The van der Waals surface area contributed by atoms with Crippen molar-refractivity contribution in [3.05, 3.63) is 63.6 Å². The zero-order valence-electron chi connectivity index (χ0n) is 14.5. The maximum atomic E-state index is 12.3. The molecule has 0 unspecified atom stereocenters. The van der Waals surface area contributed by atoms with E-state index in [1.165, 1.54) is 0 Å². The molecule has 25 heavy (non-hydrogen) atoms. The van der Waals surface area contributed by atoms with Gasteiger partial charge in [-0.1, -0.05) is 48.3 Å². The standard InChI is InChI=1S/C20H23Cl2NO2/c1-3-19(25-16-10-11-17(21)14(2)13-16)20(24)23-12-6-8-15-7-4-5-9-18(15)22/h4-5,7,9-11,13,19H,3,6,8,12H2,1-2H3,(H,23,24)/t19-/m1/s1. The van der Waals surface area contributed by atoms with Crippen LogP contribution in [0.4, 0.5) is 0 Å². The smallest absolute Gasteiger partial charge is 0.261 e. The van der Waals surface area contributed by atoms with Gasteiger partial charge < -0.3 is 10.1 Å².